The first-order valence-corrected chi connectivity index (χ1v) is 7.52. The minimum absolute atomic E-state index is 0.0616. The minimum atomic E-state index is -0.0616. The lowest BCUT2D eigenvalue weighted by atomic mass is 9.96. The molecule has 2 rings (SSSR count). The van der Waals surface area contributed by atoms with Gasteiger partial charge >= 0.3 is 0 Å². The Balaban J connectivity index is 2.39. The van der Waals surface area contributed by atoms with Gasteiger partial charge < -0.3 is 5.32 Å². The lowest BCUT2D eigenvalue weighted by Gasteiger charge is -2.18. The highest BCUT2D eigenvalue weighted by molar-refractivity contribution is 7.99. The smallest absolute Gasteiger partial charge is 0.137 e. The maximum absolute atomic E-state index is 4.70. The zero-order valence-corrected chi connectivity index (χ0v) is 13.5. The van der Waals surface area contributed by atoms with E-state index in [4.69, 9.17) is 4.98 Å². The van der Waals surface area contributed by atoms with E-state index in [1.54, 1.807) is 11.8 Å². The Morgan fingerprint density at radius 3 is 2.40 bits per heavy atom. The third-order valence-corrected chi connectivity index (χ3v) is 4.03. The van der Waals surface area contributed by atoms with Gasteiger partial charge in [0.1, 0.15) is 16.7 Å². The van der Waals surface area contributed by atoms with Crippen molar-refractivity contribution in [1.29, 1.82) is 0 Å². The van der Waals surface area contributed by atoms with E-state index in [-0.39, 0.29) is 5.41 Å². The van der Waals surface area contributed by atoms with Crippen molar-refractivity contribution in [1.82, 2.24) is 9.97 Å². The Kier molecular flexibility index (Phi) is 4.33. The molecule has 1 aromatic carbocycles. The molecule has 0 radical (unpaired) electrons. The summed E-state index contributed by atoms with van der Waals surface area (Å²) in [4.78, 5) is 10.5. The lowest BCUT2D eigenvalue weighted by Crippen LogP contribution is -2.17. The largest absolute Gasteiger partial charge is 0.373 e. The van der Waals surface area contributed by atoms with E-state index in [0.29, 0.717) is 0 Å². The van der Waals surface area contributed by atoms with Gasteiger partial charge in [-0.05, 0) is 18.6 Å². The zero-order valence-electron chi connectivity index (χ0n) is 12.7. The second-order valence-electron chi connectivity index (χ2n) is 5.78. The van der Waals surface area contributed by atoms with Gasteiger partial charge in [-0.25, -0.2) is 9.97 Å². The highest BCUT2D eigenvalue weighted by atomic mass is 32.2. The fourth-order valence-corrected chi connectivity index (χ4v) is 2.63. The molecule has 1 heterocycles. The number of hydrogen-bond donors (Lipinski definition) is 1. The van der Waals surface area contributed by atoms with Gasteiger partial charge in [-0.1, -0.05) is 50.7 Å². The fourth-order valence-electron chi connectivity index (χ4n) is 1.72. The maximum Gasteiger partial charge on any atom is 0.137 e. The van der Waals surface area contributed by atoms with Crippen molar-refractivity contribution in [3.63, 3.8) is 0 Å². The topological polar surface area (TPSA) is 37.8 Å². The summed E-state index contributed by atoms with van der Waals surface area (Å²) in [6.07, 6.45) is 0. The summed E-state index contributed by atoms with van der Waals surface area (Å²) in [6.45, 7) is 8.51. The summed E-state index contributed by atoms with van der Waals surface area (Å²) in [5.41, 5.74) is 1.20. The van der Waals surface area contributed by atoms with Gasteiger partial charge in [0, 0.05) is 23.4 Å². The number of anilines is 1. The Morgan fingerprint density at radius 2 is 1.80 bits per heavy atom. The fraction of sp³-hybridized carbons (Fsp3) is 0.375. The van der Waals surface area contributed by atoms with Crippen LogP contribution in [0.25, 0.3) is 0 Å². The predicted molar refractivity (Wildman–Crippen MR) is 85.6 cm³/mol. The van der Waals surface area contributed by atoms with Gasteiger partial charge in [0.15, 0.2) is 0 Å². The standard InChI is InChI=1S/C16H21N3S/c1-11-8-6-7-9-12(11)20-14-10-13(17-5)18-15(19-14)16(2,3)4/h6-10H,1-5H3,(H,17,18,19). The van der Waals surface area contributed by atoms with Crippen LogP contribution in [0.1, 0.15) is 32.2 Å². The molecule has 0 spiro atoms. The van der Waals surface area contributed by atoms with Gasteiger partial charge in [0.2, 0.25) is 0 Å². The van der Waals surface area contributed by atoms with Crippen molar-refractivity contribution < 1.29 is 0 Å². The minimum Gasteiger partial charge on any atom is -0.373 e. The van der Waals surface area contributed by atoms with Crippen molar-refractivity contribution in [3.8, 4) is 0 Å². The number of hydrogen-bond acceptors (Lipinski definition) is 4. The molecule has 0 aliphatic carbocycles. The molecular weight excluding hydrogens is 266 g/mol. The molecule has 0 bridgehead atoms. The Labute approximate surface area is 125 Å². The van der Waals surface area contributed by atoms with Crippen LogP contribution < -0.4 is 5.32 Å². The first-order valence-electron chi connectivity index (χ1n) is 6.71. The molecule has 4 heteroatoms. The van der Waals surface area contributed by atoms with Crippen LogP contribution in [-0.2, 0) is 5.41 Å². The molecule has 106 valence electrons. The van der Waals surface area contributed by atoms with E-state index in [9.17, 15) is 0 Å². The Hall–Kier alpha value is -1.55. The van der Waals surface area contributed by atoms with Crippen molar-refractivity contribution in [3.05, 3.63) is 41.7 Å². The van der Waals surface area contributed by atoms with Crippen LogP contribution in [0, 0.1) is 6.92 Å². The molecule has 0 fully saturated rings. The van der Waals surface area contributed by atoms with Crippen LogP contribution in [-0.4, -0.2) is 17.0 Å². The molecule has 0 saturated carbocycles. The quantitative estimate of drug-likeness (QED) is 0.855. The molecular formula is C16H21N3S. The van der Waals surface area contributed by atoms with Crippen LogP contribution in [0.5, 0.6) is 0 Å². The molecule has 0 unspecified atom stereocenters. The average molecular weight is 287 g/mol. The first kappa shape index (κ1) is 14.9. The number of rotatable bonds is 3. The molecule has 2 aromatic rings. The van der Waals surface area contributed by atoms with E-state index < -0.39 is 0 Å². The molecule has 0 amide bonds. The molecule has 0 atom stereocenters. The van der Waals surface area contributed by atoms with Gasteiger partial charge in [-0.3, -0.25) is 0 Å². The van der Waals surface area contributed by atoms with Gasteiger partial charge in [0.25, 0.3) is 0 Å². The van der Waals surface area contributed by atoms with Crippen LogP contribution in [0.4, 0.5) is 5.82 Å². The maximum atomic E-state index is 4.70. The van der Waals surface area contributed by atoms with Gasteiger partial charge in [0.05, 0.1) is 0 Å². The number of aromatic nitrogens is 2. The SMILES string of the molecule is CNc1cc(Sc2ccccc2C)nc(C(C)(C)C)n1. The second-order valence-corrected chi connectivity index (χ2v) is 6.84. The summed E-state index contributed by atoms with van der Waals surface area (Å²) >= 11 is 1.68. The summed E-state index contributed by atoms with van der Waals surface area (Å²) in [5, 5.41) is 4.09. The molecule has 0 saturated heterocycles. The summed E-state index contributed by atoms with van der Waals surface area (Å²) in [7, 11) is 1.89. The number of nitrogens with zero attached hydrogens (tertiary/aromatic N) is 2. The van der Waals surface area contributed by atoms with Crippen molar-refractivity contribution in [2.45, 2.75) is 43.0 Å². The van der Waals surface area contributed by atoms with Crippen LogP contribution in [0.3, 0.4) is 0 Å². The normalized spacial score (nSPS) is 11.4. The van der Waals surface area contributed by atoms with Crippen molar-refractivity contribution >= 4 is 17.6 Å². The molecule has 0 aliphatic rings. The third-order valence-electron chi connectivity index (χ3n) is 2.94. The van der Waals surface area contributed by atoms with Gasteiger partial charge in [-0.15, -0.1) is 0 Å². The number of aryl methyl sites for hydroxylation is 1. The summed E-state index contributed by atoms with van der Waals surface area (Å²) in [6, 6.07) is 10.3. The number of benzene rings is 1. The molecule has 0 aliphatic heterocycles. The monoisotopic (exact) mass is 287 g/mol. The van der Waals surface area contributed by atoms with Crippen LogP contribution in [0.2, 0.25) is 0 Å². The third kappa shape index (κ3) is 3.51. The van der Waals surface area contributed by atoms with E-state index in [2.05, 4.69) is 62.3 Å². The van der Waals surface area contributed by atoms with E-state index in [0.717, 1.165) is 16.7 Å². The molecule has 20 heavy (non-hydrogen) atoms. The van der Waals surface area contributed by atoms with Crippen molar-refractivity contribution in [2.75, 3.05) is 12.4 Å². The molecule has 1 aromatic heterocycles. The van der Waals surface area contributed by atoms with Gasteiger partial charge in [-0.2, -0.15) is 0 Å². The van der Waals surface area contributed by atoms with Crippen LogP contribution in [0.15, 0.2) is 40.3 Å². The first-order chi connectivity index (χ1) is 9.40. The highest BCUT2D eigenvalue weighted by Crippen LogP contribution is 2.31. The van der Waals surface area contributed by atoms with Crippen molar-refractivity contribution in [2.24, 2.45) is 0 Å². The molecule has 3 nitrogen and oxygen atoms in total. The predicted octanol–water partition coefficient (Wildman–Crippen LogP) is 4.28. The van der Waals surface area contributed by atoms with E-state index >= 15 is 0 Å². The Morgan fingerprint density at radius 1 is 1.10 bits per heavy atom. The summed E-state index contributed by atoms with van der Waals surface area (Å²) < 4.78 is 0. The van der Waals surface area contributed by atoms with E-state index in [1.807, 2.05) is 13.1 Å². The second kappa shape index (κ2) is 5.83. The molecule has 1 N–H and O–H groups in total. The summed E-state index contributed by atoms with van der Waals surface area (Å²) in [5.74, 6) is 1.72. The Bertz CT molecular complexity index is 603. The average Bonchev–Trinajstić information content (AvgIpc) is 2.40. The van der Waals surface area contributed by atoms with E-state index in [1.165, 1.54) is 10.5 Å². The number of nitrogens with one attached hydrogen (secondary N) is 1. The zero-order chi connectivity index (χ0) is 14.8. The lowest BCUT2D eigenvalue weighted by molar-refractivity contribution is 0.539. The highest BCUT2D eigenvalue weighted by Gasteiger charge is 2.19. The van der Waals surface area contributed by atoms with Crippen LogP contribution >= 0.6 is 11.8 Å².